The van der Waals surface area contributed by atoms with Crippen LogP contribution in [0.3, 0.4) is 0 Å². The van der Waals surface area contributed by atoms with Gasteiger partial charge in [0.1, 0.15) is 12.4 Å². The van der Waals surface area contributed by atoms with Gasteiger partial charge in [0.15, 0.2) is 0 Å². The zero-order valence-electron chi connectivity index (χ0n) is 13.5. The predicted molar refractivity (Wildman–Crippen MR) is 93.6 cm³/mol. The highest BCUT2D eigenvalue weighted by atomic mass is 16.6. The first-order valence-electron chi connectivity index (χ1n) is 8.28. The number of oxime groups is 1. The number of aromatic nitrogens is 1. The van der Waals surface area contributed by atoms with Crippen LogP contribution < -0.4 is 4.74 Å². The van der Waals surface area contributed by atoms with Gasteiger partial charge >= 0.3 is 0 Å². The first kappa shape index (κ1) is 13.7. The van der Waals surface area contributed by atoms with Crippen LogP contribution >= 0.6 is 0 Å². The van der Waals surface area contributed by atoms with Gasteiger partial charge in [-0.15, -0.1) is 0 Å². The molecule has 4 nitrogen and oxygen atoms in total. The van der Waals surface area contributed by atoms with Gasteiger partial charge in [-0.3, -0.25) is 0 Å². The van der Waals surface area contributed by atoms with Crippen LogP contribution in [0.4, 0.5) is 0 Å². The fraction of sp³-hybridized carbons (Fsp3) is 0.250. The van der Waals surface area contributed by atoms with Crippen LogP contribution in [0, 0.1) is 5.92 Å². The third-order valence-electron chi connectivity index (χ3n) is 5.07. The van der Waals surface area contributed by atoms with E-state index in [1.165, 1.54) is 22.0 Å². The lowest BCUT2D eigenvalue weighted by atomic mass is 9.82. The largest absolute Gasteiger partial charge is 0.492 e. The minimum Gasteiger partial charge on any atom is -0.492 e. The quantitative estimate of drug-likeness (QED) is 0.686. The highest BCUT2D eigenvalue weighted by molar-refractivity contribution is 6.01. The van der Waals surface area contributed by atoms with Crippen LogP contribution in [0.2, 0.25) is 0 Å². The topological polar surface area (TPSA) is 35.8 Å². The normalized spacial score (nSPS) is 22.1. The fourth-order valence-electron chi connectivity index (χ4n) is 3.91. The monoisotopic (exact) mass is 318 g/mol. The van der Waals surface area contributed by atoms with Crippen molar-refractivity contribution in [2.75, 3.05) is 13.2 Å². The third kappa shape index (κ3) is 1.89. The lowest BCUT2D eigenvalue weighted by molar-refractivity contribution is 0.137. The van der Waals surface area contributed by atoms with Gasteiger partial charge in [-0.25, -0.2) is 0 Å². The van der Waals surface area contributed by atoms with Crippen molar-refractivity contribution in [2.24, 2.45) is 18.1 Å². The number of hydrogen-bond acceptors (Lipinski definition) is 3. The lowest BCUT2D eigenvalue weighted by Gasteiger charge is -2.17. The zero-order valence-corrected chi connectivity index (χ0v) is 13.5. The van der Waals surface area contributed by atoms with Gasteiger partial charge in [0, 0.05) is 29.7 Å². The van der Waals surface area contributed by atoms with Crippen molar-refractivity contribution in [3.05, 3.63) is 65.9 Å². The number of nitrogens with zero attached hydrogens (tertiary/aromatic N) is 2. The average molecular weight is 318 g/mol. The van der Waals surface area contributed by atoms with Crippen LogP contribution in [-0.2, 0) is 11.9 Å². The summed E-state index contributed by atoms with van der Waals surface area (Å²) in [6.45, 7) is 1.22. The molecular formula is C20H18N2O2. The van der Waals surface area contributed by atoms with Gasteiger partial charge < -0.3 is 14.1 Å². The molecule has 1 aromatic heterocycles. The second-order valence-corrected chi connectivity index (χ2v) is 6.50. The molecule has 0 spiro atoms. The van der Waals surface area contributed by atoms with E-state index in [1.807, 2.05) is 6.07 Å². The number of aryl methyl sites for hydroxylation is 1. The van der Waals surface area contributed by atoms with Crippen molar-refractivity contribution < 1.29 is 9.57 Å². The number of ether oxygens (including phenoxy) is 1. The molecule has 3 aromatic rings. The second kappa shape index (κ2) is 5.13. The fourth-order valence-corrected chi connectivity index (χ4v) is 3.91. The Morgan fingerprint density at radius 3 is 2.79 bits per heavy atom. The van der Waals surface area contributed by atoms with Crippen molar-refractivity contribution in [1.29, 1.82) is 0 Å². The van der Waals surface area contributed by atoms with E-state index in [9.17, 15) is 0 Å². The Hall–Kier alpha value is -2.75. The van der Waals surface area contributed by atoms with E-state index >= 15 is 0 Å². The van der Waals surface area contributed by atoms with Crippen LogP contribution in [0.1, 0.15) is 17.0 Å². The van der Waals surface area contributed by atoms with Gasteiger partial charge in [-0.05, 0) is 17.7 Å². The first-order valence-corrected chi connectivity index (χ1v) is 8.28. The molecular weight excluding hydrogens is 300 g/mol. The SMILES string of the molecule is Cn1cc([C@@H]2C3=NOC[C@@H]3COc3ccccc32)c2ccccc21. The second-order valence-electron chi connectivity index (χ2n) is 6.50. The molecule has 0 saturated heterocycles. The molecule has 4 heteroatoms. The Bertz CT molecular complexity index is 957. The van der Waals surface area contributed by atoms with E-state index in [1.54, 1.807) is 0 Å². The Morgan fingerprint density at radius 1 is 1.00 bits per heavy atom. The zero-order chi connectivity index (χ0) is 16.1. The summed E-state index contributed by atoms with van der Waals surface area (Å²) in [5.74, 6) is 1.23. The lowest BCUT2D eigenvalue weighted by Crippen LogP contribution is -2.23. The summed E-state index contributed by atoms with van der Waals surface area (Å²) >= 11 is 0. The number of para-hydroxylation sites is 2. The molecule has 0 unspecified atom stereocenters. The van der Waals surface area contributed by atoms with Gasteiger partial charge in [-0.2, -0.15) is 0 Å². The van der Waals surface area contributed by atoms with Crippen LogP contribution in [0.15, 0.2) is 59.9 Å². The maximum absolute atomic E-state index is 6.07. The summed E-state index contributed by atoms with van der Waals surface area (Å²) in [4.78, 5) is 5.43. The highest BCUT2D eigenvalue weighted by Crippen LogP contribution is 2.42. The van der Waals surface area contributed by atoms with Gasteiger partial charge in [0.25, 0.3) is 0 Å². The molecule has 0 bridgehead atoms. The predicted octanol–water partition coefficient (Wildman–Crippen LogP) is 3.71. The van der Waals surface area contributed by atoms with E-state index in [0.717, 1.165) is 11.5 Å². The Labute approximate surface area is 140 Å². The van der Waals surface area contributed by atoms with Gasteiger partial charge in [-0.1, -0.05) is 41.6 Å². The van der Waals surface area contributed by atoms with Crippen molar-refractivity contribution in [3.63, 3.8) is 0 Å². The van der Waals surface area contributed by atoms with Crippen molar-refractivity contribution in [3.8, 4) is 5.75 Å². The summed E-state index contributed by atoms with van der Waals surface area (Å²) in [7, 11) is 2.09. The molecule has 0 fully saturated rings. The third-order valence-corrected chi connectivity index (χ3v) is 5.07. The molecule has 3 heterocycles. The number of benzene rings is 2. The van der Waals surface area contributed by atoms with Crippen molar-refractivity contribution in [2.45, 2.75) is 5.92 Å². The molecule has 5 rings (SSSR count). The minimum absolute atomic E-state index is 0.0716. The molecule has 2 atom stereocenters. The molecule has 0 aliphatic carbocycles. The van der Waals surface area contributed by atoms with E-state index in [4.69, 9.17) is 9.57 Å². The van der Waals surface area contributed by atoms with E-state index in [0.29, 0.717) is 13.2 Å². The molecule has 2 aliphatic rings. The maximum atomic E-state index is 6.07. The van der Waals surface area contributed by atoms with Crippen molar-refractivity contribution >= 4 is 16.6 Å². The van der Waals surface area contributed by atoms with Crippen LogP contribution in [-0.4, -0.2) is 23.5 Å². The summed E-state index contributed by atoms with van der Waals surface area (Å²) in [5.41, 5.74) is 4.74. The summed E-state index contributed by atoms with van der Waals surface area (Å²) in [5, 5.41) is 5.68. The number of hydrogen-bond donors (Lipinski definition) is 0. The minimum atomic E-state index is 0.0716. The molecule has 0 amide bonds. The van der Waals surface area contributed by atoms with E-state index in [2.05, 4.69) is 65.4 Å². The van der Waals surface area contributed by atoms with E-state index in [-0.39, 0.29) is 11.8 Å². The summed E-state index contributed by atoms with van der Waals surface area (Å²) in [6.07, 6.45) is 2.22. The number of rotatable bonds is 1. The Balaban J connectivity index is 1.80. The van der Waals surface area contributed by atoms with Gasteiger partial charge in [0.05, 0.1) is 24.2 Å². The molecule has 0 saturated carbocycles. The first-order chi connectivity index (χ1) is 11.8. The average Bonchev–Trinajstić information content (AvgIpc) is 3.17. The van der Waals surface area contributed by atoms with E-state index < -0.39 is 0 Å². The maximum Gasteiger partial charge on any atom is 0.128 e. The number of fused-ring (bicyclic) bond motifs is 3. The van der Waals surface area contributed by atoms with Crippen LogP contribution in [0.5, 0.6) is 5.75 Å². The molecule has 2 aliphatic heterocycles. The Morgan fingerprint density at radius 2 is 1.83 bits per heavy atom. The highest BCUT2D eigenvalue weighted by Gasteiger charge is 2.38. The molecule has 24 heavy (non-hydrogen) atoms. The summed E-state index contributed by atoms with van der Waals surface area (Å²) in [6, 6.07) is 16.8. The summed E-state index contributed by atoms with van der Waals surface area (Å²) < 4.78 is 8.25. The standard InChI is InChI=1S/C20H18N2O2/c1-22-10-16(14-6-2-4-8-17(14)22)19-15-7-3-5-9-18(15)23-11-13-12-24-21-20(13)19/h2-10,13,19H,11-12H2,1H3/t13-,19+/m0/s1. The molecule has 0 radical (unpaired) electrons. The van der Waals surface area contributed by atoms with Gasteiger partial charge in [0.2, 0.25) is 0 Å². The molecule has 0 N–H and O–H groups in total. The Kier molecular flexibility index (Phi) is 2.92. The van der Waals surface area contributed by atoms with Crippen molar-refractivity contribution in [1.82, 2.24) is 4.57 Å². The smallest absolute Gasteiger partial charge is 0.128 e. The molecule has 120 valence electrons. The van der Waals surface area contributed by atoms with Crippen LogP contribution in [0.25, 0.3) is 10.9 Å². The molecule has 2 aromatic carbocycles.